The number of hydrogen-bond donors (Lipinski definition) is 2. The lowest BCUT2D eigenvalue weighted by Crippen LogP contribution is -2.28. The number of nitrogens with zero attached hydrogens (tertiary/aromatic N) is 4. The molecule has 0 aliphatic heterocycles. The van der Waals surface area contributed by atoms with Crippen LogP contribution in [-0.4, -0.2) is 31.9 Å². The van der Waals surface area contributed by atoms with Crippen LogP contribution in [0, 0.1) is 0 Å². The molecule has 0 spiro atoms. The van der Waals surface area contributed by atoms with Gasteiger partial charge in [0.25, 0.3) is 0 Å². The smallest absolute Gasteiger partial charge is 0.320 e. The van der Waals surface area contributed by atoms with E-state index in [9.17, 15) is 4.79 Å². The number of imidazole rings is 1. The minimum absolute atomic E-state index is 0.266. The standard InChI is InChI=1S/C14H14N6O/c1-2-17-14(21)19-12-8-20-4-3-10(5-13(20)18-12)11-6-15-9-16-7-11/h3-9H,2H2,1H3,(H2,17,19,21). The number of amides is 2. The molecule has 3 aromatic heterocycles. The highest BCUT2D eigenvalue weighted by Gasteiger charge is 2.06. The SMILES string of the molecule is CCNC(=O)Nc1cn2ccc(-c3cncnc3)cc2n1. The quantitative estimate of drug-likeness (QED) is 0.768. The number of urea groups is 1. The van der Waals surface area contributed by atoms with E-state index in [1.807, 2.05) is 29.7 Å². The van der Waals surface area contributed by atoms with Crippen molar-refractivity contribution in [3.63, 3.8) is 0 Å². The van der Waals surface area contributed by atoms with Gasteiger partial charge in [-0.1, -0.05) is 0 Å². The summed E-state index contributed by atoms with van der Waals surface area (Å²) in [6.07, 6.45) is 8.63. The van der Waals surface area contributed by atoms with Gasteiger partial charge in [0.2, 0.25) is 0 Å². The molecule has 21 heavy (non-hydrogen) atoms. The Hall–Kier alpha value is -2.96. The van der Waals surface area contributed by atoms with Crippen molar-refractivity contribution in [3.8, 4) is 11.1 Å². The van der Waals surface area contributed by atoms with Crippen LogP contribution in [0.15, 0.2) is 43.2 Å². The molecule has 3 rings (SSSR count). The van der Waals surface area contributed by atoms with E-state index in [1.165, 1.54) is 6.33 Å². The molecule has 3 heterocycles. The zero-order valence-corrected chi connectivity index (χ0v) is 11.4. The molecule has 0 aliphatic rings. The Kier molecular flexibility index (Phi) is 3.46. The fraction of sp³-hybridized carbons (Fsp3) is 0.143. The lowest BCUT2D eigenvalue weighted by molar-refractivity contribution is 0.252. The van der Waals surface area contributed by atoms with Crippen molar-refractivity contribution >= 4 is 17.5 Å². The summed E-state index contributed by atoms with van der Waals surface area (Å²) in [6.45, 7) is 2.43. The minimum atomic E-state index is -0.266. The summed E-state index contributed by atoms with van der Waals surface area (Å²) in [7, 11) is 0. The summed E-state index contributed by atoms with van der Waals surface area (Å²) >= 11 is 0. The number of rotatable bonds is 3. The molecule has 0 radical (unpaired) electrons. The summed E-state index contributed by atoms with van der Waals surface area (Å²) in [5.74, 6) is 0.502. The molecule has 2 amide bonds. The highest BCUT2D eigenvalue weighted by Crippen LogP contribution is 2.20. The van der Waals surface area contributed by atoms with Crippen LogP contribution < -0.4 is 10.6 Å². The highest BCUT2D eigenvalue weighted by molar-refractivity contribution is 5.88. The van der Waals surface area contributed by atoms with Crippen LogP contribution in [0.5, 0.6) is 0 Å². The summed E-state index contributed by atoms with van der Waals surface area (Å²) in [5.41, 5.74) is 2.63. The second-order valence-electron chi connectivity index (χ2n) is 4.42. The molecule has 0 unspecified atom stereocenters. The maximum atomic E-state index is 11.5. The Morgan fingerprint density at radius 2 is 2.10 bits per heavy atom. The van der Waals surface area contributed by atoms with Crippen LogP contribution >= 0.6 is 0 Å². The molecule has 0 bridgehead atoms. The maximum Gasteiger partial charge on any atom is 0.320 e. The van der Waals surface area contributed by atoms with E-state index in [2.05, 4.69) is 25.6 Å². The monoisotopic (exact) mass is 282 g/mol. The predicted octanol–water partition coefficient (Wildman–Crippen LogP) is 1.93. The molecule has 2 N–H and O–H groups in total. The second kappa shape index (κ2) is 5.58. The van der Waals surface area contributed by atoms with E-state index in [0.717, 1.165) is 16.8 Å². The van der Waals surface area contributed by atoms with Crippen molar-refractivity contribution in [2.45, 2.75) is 6.92 Å². The molecule has 0 aromatic carbocycles. The van der Waals surface area contributed by atoms with Crippen LogP contribution in [0.25, 0.3) is 16.8 Å². The number of carbonyl (C=O) groups is 1. The number of carbonyl (C=O) groups excluding carboxylic acids is 1. The van der Waals surface area contributed by atoms with E-state index < -0.39 is 0 Å². The number of aromatic nitrogens is 4. The number of hydrogen-bond acceptors (Lipinski definition) is 4. The highest BCUT2D eigenvalue weighted by atomic mass is 16.2. The van der Waals surface area contributed by atoms with Gasteiger partial charge in [0.1, 0.15) is 12.0 Å². The van der Waals surface area contributed by atoms with Gasteiger partial charge >= 0.3 is 6.03 Å². The Morgan fingerprint density at radius 3 is 2.86 bits per heavy atom. The van der Waals surface area contributed by atoms with E-state index in [-0.39, 0.29) is 6.03 Å². The van der Waals surface area contributed by atoms with Crippen molar-refractivity contribution in [3.05, 3.63) is 43.2 Å². The lowest BCUT2D eigenvalue weighted by Gasteiger charge is -2.00. The zero-order valence-electron chi connectivity index (χ0n) is 11.4. The normalized spacial score (nSPS) is 10.5. The first-order valence-corrected chi connectivity index (χ1v) is 6.55. The summed E-state index contributed by atoms with van der Waals surface area (Å²) in [4.78, 5) is 23.9. The summed E-state index contributed by atoms with van der Waals surface area (Å²) in [6, 6.07) is 3.60. The second-order valence-corrected chi connectivity index (χ2v) is 4.42. The topological polar surface area (TPSA) is 84.2 Å². The fourth-order valence-electron chi connectivity index (χ4n) is 1.99. The van der Waals surface area contributed by atoms with Crippen molar-refractivity contribution in [2.24, 2.45) is 0 Å². The lowest BCUT2D eigenvalue weighted by atomic mass is 10.1. The van der Waals surface area contributed by atoms with Crippen LogP contribution in [0.4, 0.5) is 10.6 Å². The molecule has 0 aliphatic carbocycles. The first-order chi connectivity index (χ1) is 10.3. The molecule has 106 valence electrons. The van der Waals surface area contributed by atoms with Gasteiger partial charge in [0.05, 0.1) is 6.20 Å². The Balaban J connectivity index is 1.90. The molecule has 3 aromatic rings. The third-order valence-corrected chi connectivity index (χ3v) is 2.93. The zero-order chi connectivity index (χ0) is 14.7. The van der Waals surface area contributed by atoms with Gasteiger partial charge < -0.3 is 9.72 Å². The van der Waals surface area contributed by atoms with Crippen LogP contribution in [0.3, 0.4) is 0 Å². The summed E-state index contributed by atoms with van der Waals surface area (Å²) < 4.78 is 1.84. The first kappa shape index (κ1) is 13.0. The first-order valence-electron chi connectivity index (χ1n) is 6.55. The van der Waals surface area contributed by atoms with Crippen LogP contribution in [0.2, 0.25) is 0 Å². The van der Waals surface area contributed by atoms with Gasteiger partial charge in [-0.25, -0.2) is 19.7 Å². The molecule has 7 heteroatoms. The van der Waals surface area contributed by atoms with Gasteiger partial charge in [-0.3, -0.25) is 5.32 Å². The van der Waals surface area contributed by atoms with E-state index in [4.69, 9.17) is 0 Å². The largest absolute Gasteiger partial charge is 0.338 e. The Labute approximate surface area is 121 Å². The predicted molar refractivity (Wildman–Crippen MR) is 78.9 cm³/mol. The van der Waals surface area contributed by atoms with Gasteiger partial charge in [0, 0.05) is 30.7 Å². The Bertz CT molecular complexity index is 767. The molecular weight excluding hydrogens is 268 g/mol. The van der Waals surface area contributed by atoms with Crippen LogP contribution in [0.1, 0.15) is 6.92 Å². The van der Waals surface area contributed by atoms with E-state index in [0.29, 0.717) is 12.4 Å². The average molecular weight is 282 g/mol. The molecule has 0 atom stereocenters. The third kappa shape index (κ3) is 2.81. The number of fused-ring (bicyclic) bond motifs is 1. The van der Waals surface area contributed by atoms with Gasteiger partial charge in [-0.05, 0) is 24.6 Å². The molecule has 7 nitrogen and oxygen atoms in total. The van der Waals surface area contributed by atoms with Crippen molar-refractivity contribution in [1.82, 2.24) is 24.7 Å². The van der Waals surface area contributed by atoms with Crippen molar-refractivity contribution in [2.75, 3.05) is 11.9 Å². The van der Waals surface area contributed by atoms with Gasteiger partial charge in [0.15, 0.2) is 5.82 Å². The number of nitrogens with one attached hydrogen (secondary N) is 2. The van der Waals surface area contributed by atoms with Crippen LogP contribution in [-0.2, 0) is 0 Å². The van der Waals surface area contributed by atoms with E-state index in [1.54, 1.807) is 18.6 Å². The fourth-order valence-corrected chi connectivity index (χ4v) is 1.99. The van der Waals surface area contributed by atoms with E-state index >= 15 is 0 Å². The average Bonchev–Trinajstić information content (AvgIpc) is 2.89. The maximum absolute atomic E-state index is 11.5. The molecule has 0 saturated heterocycles. The van der Waals surface area contributed by atoms with Gasteiger partial charge in [-0.2, -0.15) is 0 Å². The third-order valence-electron chi connectivity index (χ3n) is 2.93. The molecule has 0 saturated carbocycles. The number of pyridine rings is 1. The molecular formula is C14H14N6O. The number of anilines is 1. The Morgan fingerprint density at radius 1 is 1.29 bits per heavy atom. The van der Waals surface area contributed by atoms with Crippen molar-refractivity contribution in [1.29, 1.82) is 0 Å². The van der Waals surface area contributed by atoms with Gasteiger partial charge in [-0.15, -0.1) is 0 Å². The van der Waals surface area contributed by atoms with Crippen molar-refractivity contribution < 1.29 is 4.79 Å². The minimum Gasteiger partial charge on any atom is -0.338 e. The molecule has 0 fully saturated rings. The summed E-state index contributed by atoms with van der Waals surface area (Å²) in [5, 5.41) is 5.34.